The van der Waals surface area contributed by atoms with E-state index in [-0.39, 0.29) is 11.2 Å². The van der Waals surface area contributed by atoms with E-state index in [0.29, 0.717) is 24.5 Å². The second-order valence-electron chi connectivity index (χ2n) is 7.59. The molecule has 0 aromatic carbocycles. The molecule has 3 nitrogen and oxygen atoms in total. The number of ether oxygens (including phenoxy) is 1. The second kappa shape index (κ2) is 7.18. The fraction of sp³-hybridized carbons (Fsp3) is 1.00. The summed E-state index contributed by atoms with van der Waals surface area (Å²) in [5.74, 6) is 1.48. The molecule has 0 amide bonds. The Morgan fingerprint density at radius 1 is 1.05 bits per heavy atom. The first-order valence-electron chi connectivity index (χ1n) is 8.32. The van der Waals surface area contributed by atoms with Crippen molar-refractivity contribution in [2.24, 2.45) is 17.3 Å². The van der Waals surface area contributed by atoms with E-state index >= 15 is 0 Å². The van der Waals surface area contributed by atoms with Gasteiger partial charge in [-0.25, -0.2) is 8.42 Å². The quantitative estimate of drug-likeness (QED) is 0.701. The van der Waals surface area contributed by atoms with Gasteiger partial charge < -0.3 is 4.74 Å². The highest BCUT2D eigenvalue weighted by atomic mass is 35.7. The van der Waals surface area contributed by atoms with Crippen molar-refractivity contribution in [2.75, 3.05) is 12.4 Å². The Morgan fingerprint density at radius 2 is 1.62 bits per heavy atom. The summed E-state index contributed by atoms with van der Waals surface area (Å²) < 4.78 is 29.3. The lowest BCUT2D eigenvalue weighted by molar-refractivity contribution is -0.0469. The molecule has 2 atom stereocenters. The highest BCUT2D eigenvalue weighted by Gasteiger charge is 2.37. The minimum atomic E-state index is -3.46. The zero-order valence-electron chi connectivity index (χ0n) is 13.3. The molecule has 2 fully saturated rings. The van der Waals surface area contributed by atoms with E-state index in [0.717, 1.165) is 38.5 Å². The van der Waals surface area contributed by atoms with Crippen molar-refractivity contribution in [2.45, 2.75) is 71.3 Å². The van der Waals surface area contributed by atoms with Crippen molar-refractivity contribution in [3.8, 4) is 0 Å². The Hall–Kier alpha value is 0.200. The molecule has 0 saturated heterocycles. The lowest BCUT2D eigenvalue weighted by atomic mass is 9.76. The molecule has 2 aliphatic carbocycles. The predicted octanol–water partition coefficient (Wildman–Crippen LogP) is 4.35. The van der Waals surface area contributed by atoms with Crippen molar-refractivity contribution in [3.63, 3.8) is 0 Å². The Kier molecular flexibility index (Phi) is 6.00. The molecule has 2 rings (SSSR count). The van der Waals surface area contributed by atoms with Gasteiger partial charge in [-0.05, 0) is 43.9 Å². The topological polar surface area (TPSA) is 43.4 Å². The van der Waals surface area contributed by atoms with Crippen LogP contribution in [0.5, 0.6) is 0 Å². The standard InChI is InChI=1S/C16H29ClO3S/c1-13-8-14(2)10-15(9-13)20-11-16(12-21(17,18)19)6-4-3-5-7-16/h13-15H,3-12H2,1-2H3. The molecule has 5 heteroatoms. The van der Waals surface area contributed by atoms with E-state index in [1.165, 1.54) is 12.8 Å². The van der Waals surface area contributed by atoms with E-state index < -0.39 is 9.05 Å². The van der Waals surface area contributed by atoms with Gasteiger partial charge in [0.1, 0.15) is 0 Å². The van der Waals surface area contributed by atoms with Gasteiger partial charge in [0, 0.05) is 16.1 Å². The van der Waals surface area contributed by atoms with Crippen LogP contribution >= 0.6 is 10.7 Å². The summed E-state index contributed by atoms with van der Waals surface area (Å²) in [5.41, 5.74) is -0.247. The van der Waals surface area contributed by atoms with Crippen molar-refractivity contribution < 1.29 is 13.2 Å². The smallest absolute Gasteiger partial charge is 0.233 e. The van der Waals surface area contributed by atoms with E-state index in [2.05, 4.69) is 13.8 Å². The van der Waals surface area contributed by atoms with Gasteiger partial charge in [-0.2, -0.15) is 0 Å². The molecule has 0 aromatic rings. The molecule has 0 aliphatic heterocycles. The lowest BCUT2D eigenvalue weighted by Crippen LogP contribution is -2.38. The largest absolute Gasteiger partial charge is 0.378 e. The summed E-state index contributed by atoms with van der Waals surface area (Å²) in [4.78, 5) is 0. The maximum Gasteiger partial charge on any atom is 0.233 e. The van der Waals surface area contributed by atoms with E-state index in [4.69, 9.17) is 15.4 Å². The highest BCUT2D eigenvalue weighted by Crippen LogP contribution is 2.40. The van der Waals surface area contributed by atoms with Gasteiger partial charge >= 0.3 is 0 Å². The van der Waals surface area contributed by atoms with E-state index in [1.54, 1.807) is 0 Å². The zero-order valence-corrected chi connectivity index (χ0v) is 14.9. The maximum absolute atomic E-state index is 11.6. The molecule has 0 heterocycles. The zero-order chi connectivity index (χ0) is 15.5. The predicted molar refractivity (Wildman–Crippen MR) is 87.1 cm³/mol. The second-order valence-corrected chi connectivity index (χ2v) is 10.4. The molecule has 2 aliphatic rings. The van der Waals surface area contributed by atoms with Crippen LogP contribution in [0.4, 0.5) is 0 Å². The van der Waals surface area contributed by atoms with Crippen molar-refractivity contribution in [1.82, 2.24) is 0 Å². The van der Waals surface area contributed by atoms with E-state index in [9.17, 15) is 8.42 Å². The minimum absolute atomic E-state index is 0.0688. The first-order valence-corrected chi connectivity index (χ1v) is 10.8. The van der Waals surface area contributed by atoms with Gasteiger partial charge in [0.25, 0.3) is 0 Å². The van der Waals surface area contributed by atoms with Crippen LogP contribution in [0.15, 0.2) is 0 Å². The van der Waals surface area contributed by atoms with Crippen LogP contribution < -0.4 is 0 Å². The number of hydrogen-bond donors (Lipinski definition) is 0. The normalized spacial score (nSPS) is 33.8. The van der Waals surface area contributed by atoms with Crippen LogP contribution in [0.25, 0.3) is 0 Å². The van der Waals surface area contributed by atoms with Crippen molar-refractivity contribution in [1.29, 1.82) is 0 Å². The first kappa shape index (κ1) is 17.6. The van der Waals surface area contributed by atoms with Gasteiger partial charge in [0.05, 0.1) is 18.5 Å². The molecular formula is C16H29ClO3S. The summed E-state index contributed by atoms with van der Waals surface area (Å²) >= 11 is 0. The maximum atomic E-state index is 11.6. The Bertz CT molecular complexity index is 419. The van der Waals surface area contributed by atoms with Crippen LogP contribution in [-0.4, -0.2) is 26.9 Å². The molecule has 0 N–H and O–H groups in total. The molecule has 124 valence electrons. The molecule has 0 spiro atoms. The van der Waals surface area contributed by atoms with Crippen LogP contribution in [0.1, 0.15) is 65.2 Å². The third kappa shape index (κ3) is 5.72. The van der Waals surface area contributed by atoms with Crippen molar-refractivity contribution >= 4 is 19.7 Å². The summed E-state index contributed by atoms with van der Waals surface area (Å²) in [6.07, 6.45) is 9.01. The van der Waals surface area contributed by atoms with Crippen LogP contribution in [-0.2, 0) is 13.8 Å². The molecule has 2 unspecified atom stereocenters. The fourth-order valence-corrected chi connectivity index (χ4v) is 6.10. The molecule has 2 saturated carbocycles. The molecule has 0 radical (unpaired) electrons. The number of hydrogen-bond acceptors (Lipinski definition) is 3. The highest BCUT2D eigenvalue weighted by molar-refractivity contribution is 8.13. The molecule has 0 aromatic heterocycles. The fourth-order valence-electron chi connectivity index (χ4n) is 4.30. The Morgan fingerprint density at radius 3 is 2.14 bits per heavy atom. The van der Waals surface area contributed by atoms with Crippen LogP contribution in [0.2, 0.25) is 0 Å². The number of halogens is 1. The van der Waals surface area contributed by atoms with E-state index in [1.807, 2.05) is 0 Å². The average Bonchev–Trinajstić information content (AvgIpc) is 2.34. The monoisotopic (exact) mass is 336 g/mol. The third-order valence-corrected chi connectivity index (χ3v) is 6.44. The minimum Gasteiger partial charge on any atom is -0.378 e. The van der Waals surface area contributed by atoms with Gasteiger partial charge in [-0.15, -0.1) is 0 Å². The molecule has 21 heavy (non-hydrogen) atoms. The van der Waals surface area contributed by atoms with Gasteiger partial charge in [-0.1, -0.05) is 33.1 Å². The van der Waals surface area contributed by atoms with Crippen LogP contribution in [0.3, 0.4) is 0 Å². The van der Waals surface area contributed by atoms with Gasteiger partial charge in [0.2, 0.25) is 9.05 Å². The Labute approximate surface area is 134 Å². The first-order chi connectivity index (χ1) is 9.78. The van der Waals surface area contributed by atoms with Crippen molar-refractivity contribution in [3.05, 3.63) is 0 Å². The summed E-state index contributed by atoms with van der Waals surface area (Å²) in [7, 11) is 2.08. The summed E-state index contributed by atoms with van der Waals surface area (Å²) in [5, 5.41) is 0. The Balaban J connectivity index is 1.95. The summed E-state index contributed by atoms with van der Waals surface area (Å²) in [6, 6.07) is 0. The molecular weight excluding hydrogens is 308 g/mol. The number of rotatable bonds is 5. The lowest BCUT2D eigenvalue weighted by Gasteiger charge is -2.39. The van der Waals surface area contributed by atoms with Gasteiger partial charge in [0.15, 0.2) is 0 Å². The van der Waals surface area contributed by atoms with Crippen LogP contribution in [0, 0.1) is 17.3 Å². The van der Waals surface area contributed by atoms with Gasteiger partial charge in [-0.3, -0.25) is 0 Å². The third-order valence-electron chi connectivity index (χ3n) is 5.15. The SMILES string of the molecule is CC1CC(C)CC(OCC2(CS(=O)(=O)Cl)CCCCC2)C1. The molecule has 0 bridgehead atoms. The average molecular weight is 337 g/mol. The summed E-state index contributed by atoms with van der Waals surface area (Å²) in [6.45, 7) is 5.13.